The zero-order chi connectivity index (χ0) is 15.5. The van der Waals surface area contributed by atoms with Crippen molar-refractivity contribution in [3.05, 3.63) is 15.9 Å². The van der Waals surface area contributed by atoms with Crippen LogP contribution in [0, 0.1) is 5.92 Å². The summed E-state index contributed by atoms with van der Waals surface area (Å²) in [5.41, 5.74) is 1.39. The zero-order valence-corrected chi connectivity index (χ0v) is 14.2. The minimum absolute atomic E-state index is 0.202. The molecular weight excluding hydrogens is 348 g/mol. The third-order valence-corrected chi connectivity index (χ3v) is 5.61. The fourth-order valence-electron chi connectivity index (χ4n) is 1.87. The molecule has 0 saturated carbocycles. The first-order valence-corrected chi connectivity index (χ1v) is 9.00. The monoisotopic (exact) mass is 366 g/mol. The third kappa shape index (κ3) is 4.05. The predicted molar refractivity (Wildman–Crippen MR) is 79.3 cm³/mol. The van der Waals surface area contributed by atoms with Crippen LogP contribution in [-0.2, 0) is 33.4 Å². The Hall–Kier alpha value is -0.890. The lowest BCUT2D eigenvalue weighted by molar-refractivity contribution is -0.140. The van der Waals surface area contributed by atoms with Gasteiger partial charge < -0.3 is 5.11 Å². The van der Waals surface area contributed by atoms with Crippen molar-refractivity contribution in [2.45, 2.75) is 39.5 Å². The van der Waals surface area contributed by atoms with E-state index in [2.05, 4.69) is 21.0 Å². The fourth-order valence-corrected chi connectivity index (χ4v) is 4.50. The molecule has 0 aromatic carbocycles. The van der Waals surface area contributed by atoms with Crippen LogP contribution in [-0.4, -0.2) is 35.0 Å². The molecule has 0 aliphatic rings. The number of aliphatic carboxylic acids is 1. The predicted octanol–water partition coefficient (Wildman–Crippen LogP) is 1.86. The van der Waals surface area contributed by atoms with Gasteiger partial charge in [-0.2, -0.15) is 5.10 Å². The first kappa shape index (κ1) is 17.2. The van der Waals surface area contributed by atoms with Crippen LogP contribution >= 0.6 is 15.9 Å². The summed E-state index contributed by atoms with van der Waals surface area (Å²) in [6.45, 7) is 5.79. The largest absolute Gasteiger partial charge is 0.481 e. The highest BCUT2D eigenvalue weighted by Gasteiger charge is 2.25. The Morgan fingerprint density at radius 2 is 2.05 bits per heavy atom. The molecule has 8 heteroatoms. The van der Waals surface area contributed by atoms with Crippen LogP contribution in [0.1, 0.15) is 32.2 Å². The molecule has 0 aliphatic carbocycles. The number of halogens is 1. The van der Waals surface area contributed by atoms with Gasteiger partial charge in [-0.3, -0.25) is 9.48 Å². The van der Waals surface area contributed by atoms with Crippen LogP contribution in [0.5, 0.6) is 0 Å². The van der Waals surface area contributed by atoms with Crippen molar-refractivity contribution in [3.8, 4) is 0 Å². The van der Waals surface area contributed by atoms with E-state index in [0.29, 0.717) is 23.1 Å². The van der Waals surface area contributed by atoms with Crippen molar-refractivity contribution in [2.24, 2.45) is 5.92 Å². The van der Waals surface area contributed by atoms with Crippen molar-refractivity contribution in [3.63, 3.8) is 0 Å². The number of hydrogen-bond donors (Lipinski definition) is 1. The molecule has 6 nitrogen and oxygen atoms in total. The molecule has 0 bridgehead atoms. The summed E-state index contributed by atoms with van der Waals surface area (Å²) in [6.07, 6.45) is 0.701. The van der Waals surface area contributed by atoms with Gasteiger partial charge >= 0.3 is 5.97 Å². The number of carbonyl (C=O) groups is 1. The molecule has 1 heterocycles. The van der Waals surface area contributed by atoms with Gasteiger partial charge in [-0.25, -0.2) is 8.42 Å². The van der Waals surface area contributed by atoms with Gasteiger partial charge in [0.05, 0.1) is 33.3 Å². The topological polar surface area (TPSA) is 89.3 Å². The first-order chi connectivity index (χ1) is 9.21. The van der Waals surface area contributed by atoms with Crippen LogP contribution < -0.4 is 0 Å². The smallest absolute Gasteiger partial charge is 0.307 e. The van der Waals surface area contributed by atoms with Crippen LogP contribution in [0.3, 0.4) is 0 Å². The minimum Gasteiger partial charge on any atom is -0.481 e. The molecule has 0 amide bonds. The van der Waals surface area contributed by atoms with Gasteiger partial charge in [0.1, 0.15) is 0 Å². The Bertz CT molecular complexity index is 595. The molecule has 0 radical (unpaired) electrons. The number of aryl methyl sites for hydroxylation is 2. The van der Waals surface area contributed by atoms with Gasteiger partial charge in [0.2, 0.25) is 0 Å². The first-order valence-electron chi connectivity index (χ1n) is 6.39. The highest BCUT2D eigenvalue weighted by molar-refractivity contribution is 9.10. The summed E-state index contributed by atoms with van der Waals surface area (Å²) in [6, 6.07) is 0. The van der Waals surface area contributed by atoms with Gasteiger partial charge in [-0.1, -0.05) is 13.8 Å². The molecule has 0 fully saturated rings. The minimum atomic E-state index is -3.50. The van der Waals surface area contributed by atoms with E-state index in [4.69, 9.17) is 5.11 Å². The van der Waals surface area contributed by atoms with E-state index in [-0.39, 0.29) is 11.5 Å². The van der Waals surface area contributed by atoms with E-state index in [1.54, 1.807) is 4.68 Å². The van der Waals surface area contributed by atoms with Gasteiger partial charge in [0, 0.05) is 6.54 Å². The number of sulfone groups is 1. The number of nitrogens with zero attached hydrogens (tertiary/aromatic N) is 2. The fraction of sp³-hybridized carbons (Fsp3) is 0.667. The molecule has 1 unspecified atom stereocenters. The summed E-state index contributed by atoms with van der Waals surface area (Å²) in [5, 5.41) is 13.2. The average molecular weight is 367 g/mol. The van der Waals surface area contributed by atoms with Crippen molar-refractivity contribution < 1.29 is 18.3 Å². The molecule has 114 valence electrons. The molecule has 0 aliphatic heterocycles. The molecule has 1 N–H and O–H groups in total. The van der Waals surface area contributed by atoms with E-state index in [9.17, 15) is 13.2 Å². The molecule has 0 spiro atoms. The Balaban J connectivity index is 3.03. The lowest BCUT2D eigenvalue weighted by Crippen LogP contribution is -2.23. The summed E-state index contributed by atoms with van der Waals surface area (Å²) in [5.74, 6) is -2.59. The average Bonchev–Trinajstić information content (AvgIpc) is 2.65. The molecular formula is C12H19BrN2O4S. The lowest BCUT2D eigenvalue weighted by Gasteiger charge is -2.09. The number of aromatic nitrogens is 2. The lowest BCUT2D eigenvalue weighted by atomic mass is 10.2. The highest BCUT2D eigenvalue weighted by atomic mass is 79.9. The van der Waals surface area contributed by atoms with Crippen molar-refractivity contribution in [1.29, 1.82) is 0 Å². The molecule has 1 aromatic rings. The number of rotatable bonds is 7. The maximum atomic E-state index is 12.1. The number of carboxylic acids is 1. The molecule has 0 saturated heterocycles. The third-order valence-electron chi connectivity index (χ3n) is 2.98. The van der Waals surface area contributed by atoms with Crippen LogP contribution in [0.15, 0.2) is 4.47 Å². The summed E-state index contributed by atoms with van der Waals surface area (Å²) >= 11 is 3.39. The maximum absolute atomic E-state index is 12.1. The maximum Gasteiger partial charge on any atom is 0.307 e. The Morgan fingerprint density at radius 3 is 2.50 bits per heavy atom. The van der Waals surface area contributed by atoms with E-state index >= 15 is 0 Å². The normalized spacial score (nSPS) is 13.4. The Labute approximate surface area is 127 Å². The molecule has 1 atom stereocenters. The van der Waals surface area contributed by atoms with Gasteiger partial charge in [0.15, 0.2) is 9.84 Å². The SMILES string of the molecule is CCc1nn(CC)c(CS(=O)(=O)CC(C)C(=O)O)c1Br. The second-order valence-electron chi connectivity index (χ2n) is 4.67. The van der Waals surface area contributed by atoms with E-state index in [1.165, 1.54) is 6.92 Å². The summed E-state index contributed by atoms with van der Waals surface area (Å²) in [4.78, 5) is 10.8. The van der Waals surface area contributed by atoms with Gasteiger partial charge in [-0.05, 0) is 29.3 Å². The van der Waals surface area contributed by atoms with E-state index < -0.39 is 21.7 Å². The van der Waals surface area contributed by atoms with Crippen LogP contribution in [0.25, 0.3) is 0 Å². The summed E-state index contributed by atoms with van der Waals surface area (Å²) < 4.78 is 26.6. The van der Waals surface area contributed by atoms with Crippen molar-refractivity contribution in [2.75, 3.05) is 5.75 Å². The Kier molecular flexibility index (Phi) is 5.76. The van der Waals surface area contributed by atoms with E-state index in [1.807, 2.05) is 13.8 Å². The Morgan fingerprint density at radius 1 is 1.45 bits per heavy atom. The number of carboxylic acid groups (broad SMARTS) is 1. The molecule has 20 heavy (non-hydrogen) atoms. The van der Waals surface area contributed by atoms with E-state index in [0.717, 1.165) is 5.69 Å². The standard InChI is InChI=1S/C12H19BrN2O4S/c1-4-9-11(13)10(15(5-2)14-9)7-20(18,19)6-8(3)12(16)17/h8H,4-7H2,1-3H3,(H,16,17). The van der Waals surface area contributed by atoms with Crippen molar-refractivity contribution >= 4 is 31.7 Å². The quantitative estimate of drug-likeness (QED) is 0.795. The van der Waals surface area contributed by atoms with Crippen LogP contribution in [0.4, 0.5) is 0 Å². The van der Waals surface area contributed by atoms with Crippen molar-refractivity contribution in [1.82, 2.24) is 9.78 Å². The number of hydrogen-bond acceptors (Lipinski definition) is 4. The van der Waals surface area contributed by atoms with Gasteiger partial charge in [0.25, 0.3) is 0 Å². The second-order valence-corrected chi connectivity index (χ2v) is 7.57. The molecule has 1 rings (SSSR count). The van der Waals surface area contributed by atoms with Gasteiger partial charge in [-0.15, -0.1) is 0 Å². The highest BCUT2D eigenvalue weighted by Crippen LogP contribution is 2.24. The zero-order valence-electron chi connectivity index (χ0n) is 11.8. The van der Waals surface area contributed by atoms with Crippen LogP contribution in [0.2, 0.25) is 0 Å². The second kappa shape index (κ2) is 6.71. The summed E-state index contributed by atoms with van der Waals surface area (Å²) in [7, 11) is -3.50. The molecule has 1 aromatic heterocycles.